The summed E-state index contributed by atoms with van der Waals surface area (Å²) in [5.41, 5.74) is 2.29. The zero-order valence-electron chi connectivity index (χ0n) is 14.7. The molecule has 6 heteroatoms. The predicted molar refractivity (Wildman–Crippen MR) is 104 cm³/mol. The Morgan fingerprint density at radius 2 is 1.88 bits per heavy atom. The van der Waals surface area contributed by atoms with Gasteiger partial charge < -0.3 is 9.90 Å². The molecule has 0 spiro atoms. The second kappa shape index (κ2) is 8.15. The first kappa shape index (κ1) is 19.7. The van der Waals surface area contributed by atoms with Crippen molar-refractivity contribution in [3.05, 3.63) is 40.3 Å². The van der Waals surface area contributed by atoms with E-state index in [4.69, 9.17) is 12.2 Å². The van der Waals surface area contributed by atoms with Crippen molar-refractivity contribution in [3.63, 3.8) is 0 Å². The quantitative estimate of drug-likeness (QED) is 0.434. The van der Waals surface area contributed by atoms with Crippen molar-refractivity contribution in [3.8, 4) is 0 Å². The van der Waals surface area contributed by atoms with Gasteiger partial charge >= 0.3 is 0 Å². The Labute approximate surface area is 158 Å². The zero-order chi connectivity index (χ0) is 18.6. The number of thiocarbonyl (C=S) groups is 1. The van der Waals surface area contributed by atoms with Crippen LogP contribution in [0.25, 0.3) is 6.08 Å². The van der Waals surface area contributed by atoms with Crippen LogP contribution in [0.2, 0.25) is 0 Å². The lowest BCUT2D eigenvalue weighted by atomic mass is 9.87. The van der Waals surface area contributed by atoms with Gasteiger partial charge in [-0.15, -0.1) is 0 Å². The van der Waals surface area contributed by atoms with Crippen molar-refractivity contribution >= 4 is 46.3 Å². The van der Waals surface area contributed by atoms with Crippen LogP contribution >= 0.6 is 24.0 Å². The number of rotatable bonds is 6. The molecule has 4 nitrogen and oxygen atoms in total. The lowest BCUT2D eigenvalue weighted by molar-refractivity contribution is -0.305. The van der Waals surface area contributed by atoms with Gasteiger partial charge in [0.1, 0.15) is 4.32 Å². The van der Waals surface area contributed by atoms with Crippen LogP contribution in [0.3, 0.4) is 0 Å². The molecular formula is C19H22NO3S2-. The highest BCUT2D eigenvalue weighted by atomic mass is 32.2. The van der Waals surface area contributed by atoms with Gasteiger partial charge in [-0.2, -0.15) is 0 Å². The number of carbonyl (C=O) groups excluding carboxylic acids is 2. The van der Waals surface area contributed by atoms with E-state index in [1.54, 1.807) is 4.90 Å². The first-order valence-electron chi connectivity index (χ1n) is 8.24. The van der Waals surface area contributed by atoms with Crippen LogP contribution in [0.4, 0.5) is 0 Å². The number of hydrogen-bond donors (Lipinski definition) is 0. The smallest absolute Gasteiger partial charge is 0.266 e. The molecule has 0 aliphatic carbocycles. The molecule has 0 saturated carbocycles. The third kappa shape index (κ3) is 5.41. The molecule has 1 aromatic carbocycles. The first-order chi connectivity index (χ1) is 11.7. The van der Waals surface area contributed by atoms with Gasteiger partial charge in [0.05, 0.1) is 4.91 Å². The molecule has 1 saturated heterocycles. The van der Waals surface area contributed by atoms with E-state index in [0.717, 1.165) is 5.56 Å². The van der Waals surface area contributed by atoms with Crippen LogP contribution in [0.15, 0.2) is 29.2 Å². The Balaban J connectivity index is 2.03. The summed E-state index contributed by atoms with van der Waals surface area (Å²) in [5, 5.41) is 10.4. The monoisotopic (exact) mass is 376 g/mol. The Morgan fingerprint density at radius 1 is 1.24 bits per heavy atom. The Hall–Kier alpha value is -1.66. The summed E-state index contributed by atoms with van der Waals surface area (Å²) in [6, 6.07) is 8.17. The van der Waals surface area contributed by atoms with Crippen LogP contribution in [0, 0.1) is 0 Å². The number of amides is 1. The summed E-state index contributed by atoms with van der Waals surface area (Å²) in [5.74, 6) is -1.17. The number of carboxylic acid groups (broad SMARTS) is 1. The third-order valence-electron chi connectivity index (χ3n) is 3.96. The van der Waals surface area contributed by atoms with Crippen molar-refractivity contribution < 1.29 is 14.7 Å². The number of nitrogens with zero attached hydrogens (tertiary/aromatic N) is 1. The predicted octanol–water partition coefficient (Wildman–Crippen LogP) is 3.11. The standard InChI is InChI=1S/C19H23NO3S2/c1-19(2,3)14-9-7-13(8-10-14)12-15-17(23)20(18(24)25-15)11-5-4-6-16(21)22/h7-10,12H,4-6,11H2,1-3H3,(H,21,22)/p-1/b15-12-. The average molecular weight is 377 g/mol. The Morgan fingerprint density at radius 3 is 2.44 bits per heavy atom. The van der Waals surface area contributed by atoms with Crippen molar-refractivity contribution in [1.82, 2.24) is 4.90 Å². The SMILES string of the molecule is CC(C)(C)c1ccc(/C=C2\SC(=S)N(CCCCC(=O)[O-])C2=O)cc1. The molecule has 2 rings (SSSR count). The first-order valence-corrected chi connectivity index (χ1v) is 9.47. The molecule has 134 valence electrons. The summed E-state index contributed by atoms with van der Waals surface area (Å²) in [7, 11) is 0. The number of aliphatic carboxylic acids is 1. The molecule has 0 N–H and O–H groups in total. The number of hydrogen-bond acceptors (Lipinski definition) is 5. The molecule has 0 unspecified atom stereocenters. The maximum atomic E-state index is 12.5. The van der Waals surface area contributed by atoms with E-state index in [9.17, 15) is 14.7 Å². The van der Waals surface area contributed by atoms with Gasteiger partial charge in [0.15, 0.2) is 0 Å². The van der Waals surface area contributed by atoms with E-state index in [2.05, 4.69) is 32.9 Å². The lowest BCUT2D eigenvalue weighted by Gasteiger charge is -2.18. The molecule has 25 heavy (non-hydrogen) atoms. The molecular weight excluding hydrogens is 354 g/mol. The van der Waals surface area contributed by atoms with Crippen molar-refractivity contribution in [2.75, 3.05) is 6.54 Å². The largest absolute Gasteiger partial charge is 0.550 e. The minimum absolute atomic E-state index is 0.00472. The van der Waals surface area contributed by atoms with E-state index in [1.165, 1.54) is 17.3 Å². The molecule has 1 fully saturated rings. The fraction of sp³-hybridized carbons (Fsp3) is 0.421. The normalized spacial score (nSPS) is 16.8. The number of unbranched alkanes of at least 4 members (excludes halogenated alkanes) is 1. The molecule has 0 atom stereocenters. The highest BCUT2D eigenvalue weighted by Gasteiger charge is 2.31. The fourth-order valence-electron chi connectivity index (χ4n) is 2.46. The average Bonchev–Trinajstić information content (AvgIpc) is 2.78. The van der Waals surface area contributed by atoms with Gasteiger partial charge in [0, 0.05) is 12.5 Å². The van der Waals surface area contributed by atoms with Crippen molar-refractivity contribution in [2.45, 2.75) is 45.4 Å². The fourth-order valence-corrected chi connectivity index (χ4v) is 3.77. The third-order valence-corrected chi connectivity index (χ3v) is 5.34. The van der Waals surface area contributed by atoms with Crippen molar-refractivity contribution in [1.29, 1.82) is 0 Å². The summed E-state index contributed by atoms with van der Waals surface area (Å²) in [6.07, 6.45) is 2.93. The minimum Gasteiger partial charge on any atom is -0.550 e. The van der Waals surface area contributed by atoms with Crippen LogP contribution in [0.5, 0.6) is 0 Å². The second-order valence-corrected chi connectivity index (χ2v) is 8.71. The molecule has 1 aromatic rings. The maximum Gasteiger partial charge on any atom is 0.266 e. The minimum atomic E-state index is -1.07. The van der Waals surface area contributed by atoms with Crippen molar-refractivity contribution in [2.24, 2.45) is 0 Å². The number of carbonyl (C=O) groups is 2. The summed E-state index contributed by atoms with van der Waals surface area (Å²) in [4.78, 5) is 25.1. The molecule has 0 aromatic heterocycles. The molecule has 1 heterocycles. The zero-order valence-corrected chi connectivity index (χ0v) is 16.3. The van der Waals surface area contributed by atoms with Crippen LogP contribution in [0.1, 0.15) is 51.2 Å². The number of benzene rings is 1. The number of thioether (sulfide) groups is 1. The van der Waals surface area contributed by atoms with Gasteiger partial charge in [-0.05, 0) is 41.9 Å². The molecule has 1 aliphatic rings. The Kier molecular flexibility index (Phi) is 6.41. The molecule has 0 bridgehead atoms. The van der Waals surface area contributed by atoms with Gasteiger partial charge in [0.25, 0.3) is 5.91 Å². The van der Waals surface area contributed by atoms with Crippen LogP contribution in [-0.2, 0) is 15.0 Å². The van der Waals surface area contributed by atoms with Crippen LogP contribution in [-0.4, -0.2) is 27.6 Å². The van der Waals surface area contributed by atoms with E-state index in [-0.39, 0.29) is 17.7 Å². The summed E-state index contributed by atoms with van der Waals surface area (Å²) >= 11 is 6.57. The van der Waals surface area contributed by atoms with Gasteiger partial charge in [0.2, 0.25) is 0 Å². The Bertz CT molecular complexity index is 702. The van der Waals surface area contributed by atoms with E-state index in [0.29, 0.717) is 28.6 Å². The topological polar surface area (TPSA) is 60.4 Å². The summed E-state index contributed by atoms with van der Waals surface area (Å²) < 4.78 is 0.524. The molecule has 1 amide bonds. The van der Waals surface area contributed by atoms with E-state index in [1.807, 2.05) is 18.2 Å². The van der Waals surface area contributed by atoms with Gasteiger partial charge in [-0.3, -0.25) is 9.69 Å². The summed E-state index contributed by atoms with van der Waals surface area (Å²) in [6.45, 7) is 6.92. The maximum absolute atomic E-state index is 12.5. The molecule has 0 radical (unpaired) electrons. The highest BCUT2D eigenvalue weighted by Crippen LogP contribution is 2.33. The lowest BCUT2D eigenvalue weighted by Crippen LogP contribution is -2.29. The van der Waals surface area contributed by atoms with Gasteiger partial charge in [-0.25, -0.2) is 0 Å². The molecule has 1 aliphatic heterocycles. The second-order valence-electron chi connectivity index (χ2n) is 7.03. The highest BCUT2D eigenvalue weighted by molar-refractivity contribution is 8.26. The number of carboxylic acids is 1. The van der Waals surface area contributed by atoms with Gasteiger partial charge in [-0.1, -0.05) is 69.0 Å². The van der Waals surface area contributed by atoms with E-state index < -0.39 is 5.97 Å². The van der Waals surface area contributed by atoms with E-state index >= 15 is 0 Å². The van der Waals surface area contributed by atoms with Crippen LogP contribution < -0.4 is 5.11 Å².